The zero-order valence-electron chi connectivity index (χ0n) is 9.80. The van der Waals surface area contributed by atoms with Crippen molar-refractivity contribution in [1.29, 1.82) is 5.26 Å². The monoisotopic (exact) mass is 212 g/mol. The molecule has 0 fully saturated rings. The Morgan fingerprint density at radius 2 is 2.20 bits per heavy atom. The second-order valence-corrected chi connectivity index (χ2v) is 4.08. The highest BCUT2D eigenvalue weighted by atomic mass is 16.5. The number of nitriles is 1. The molecule has 0 aromatic rings. The molecule has 86 valence electrons. The molecule has 0 unspecified atom stereocenters. The van der Waals surface area contributed by atoms with Crippen LogP contribution in [0.4, 0.5) is 0 Å². The van der Waals surface area contributed by atoms with E-state index in [4.69, 9.17) is 10.00 Å². The molecule has 0 amide bonds. The number of rotatable bonds is 7. The standard InChI is InChI=1S/C11H20N2O2/c1-4-15-10(14)8-13-7-5-6-11(2,3)9-12/h13H,4-8H2,1-3H3. The van der Waals surface area contributed by atoms with Gasteiger partial charge in [-0.3, -0.25) is 4.79 Å². The van der Waals surface area contributed by atoms with Crippen LogP contribution in [0, 0.1) is 16.7 Å². The van der Waals surface area contributed by atoms with Gasteiger partial charge in [-0.15, -0.1) is 0 Å². The number of esters is 1. The fraction of sp³-hybridized carbons (Fsp3) is 0.818. The van der Waals surface area contributed by atoms with Crippen molar-refractivity contribution in [1.82, 2.24) is 5.32 Å². The SMILES string of the molecule is CCOC(=O)CNCCCC(C)(C)C#N. The molecule has 4 nitrogen and oxygen atoms in total. The van der Waals surface area contributed by atoms with Gasteiger partial charge in [0.1, 0.15) is 0 Å². The zero-order chi connectivity index (χ0) is 11.7. The fourth-order valence-electron chi connectivity index (χ4n) is 1.11. The van der Waals surface area contributed by atoms with Crippen LogP contribution < -0.4 is 5.32 Å². The number of hydrogen-bond donors (Lipinski definition) is 1. The summed E-state index contributed by atoms with van der Waals surface area (Å²) in [5.41, 5.74) is -0.272. The molecule has 0 saturated heterocycles. The Balaban J connectivity index is 3.41. The van der Waals surface area contributed by atoms with E-state index >= 15 is 0 Å². The van der Waals surface area contributed by atoms with Crippen LogP contribution >= 0.6 is 0 Å². The topological polar surface area (TPSA) is 62.1 Å². The summed E-state index contributed by atoms with van der Waals surface area (Å²) in [6, 6.07) is 2.24. The molecule has 0 aliphatic carbocycles. The van der Waals surface area contributed by atoms with Crippen LogP contribution in [0.2, 0.25) is 0 Å². The maximum atomic E-state index is 10.9. The maximum absolute atomic E-state index is 10.9. The number of nitrogens with one attached hydrogen (secondary N) is 1. The molecular formula is C11H20N2O2. The highest BCUT2D eigenvalue weighted by molar-refractivity contribution is 5.71. The third-order valence-electron chi connectivity index (χ3n) is 2.03. The van der Waals surface area contributed by atoms with Gasteiger partial charge in [-0.25, -0.2) is 0 Å². The Hall–Kier alpha value is -1.08. The van der Waals surface area contributed by atoms with Gasteiger partial charge in [-0.05, 0) is 40.2 Å². The van der Waals surface area contributed by atoms with E-state index in [2.05, 4.69) is 11.4 Å². The van der Waals surface area contributed by atoms with Crippen molar-refractivity contribution in [2.45, 2.75) is 33.6 Å². The molecular weight excluding hydrogens is 192 g/mol. The van der Waals surface area contributed by atoms with E-state index in [1.165, 1.54) is 0 Å². The Kier molecular flexibility index (Phi) is 6.72. The number of ether oxygens (including phenoxy) is 1. The summed E-state index contributed by atoms with van der Waals surface area (Å²) in [5.74, 6) is -0.225. The number of carbonyl (C=O) groups is 1. The molecule has 4 heteroatoms. The van der Waals surface area contributed by atoms with Crippen LogP contribution in [-0.4, -0.2) is 25.7 Å². The second-order valence-electron chi connectivity index (χ2n) is 4.08. The molecule has 1 N–H and O–H groups in total. The van der Waals surface area contributed by atoms with Gasteiger partial charge in [0.2, 0.25) is 0 Å². The van der Waals surface area contributed by atoms with Crippen LogP contribution in [-0.2, 0) is 9.53 Å². The molecule has 0 spiro atoms. The van der Waals surface area contributed by atoms with Crippen LogP contribution in [0.1, 0.15) is 33.6 Å². The van der Waals surface area contributed by atoms with Crippen LogP contribution in [0.3, 0.4) is 0 Å². The predicted molar refractivity (Wildman–Crippen MR) is 58.1 cm³/mol. The first kappa shape index (κ1) is 13.9. The van der Waals surface area contributed by atoms with Crippen molar-refractivity contribution in [3.63, 3.8) is 0 Å². The summed E-state index contributed by atoms with van der Waals surface area (Å²) < 4.78 is 4.76. The molecule has 0 heterocycles. The Morgan fingerprint density at radius 3 is 2.73 bits per heavy atom. The lowest BCUT2D eigenvalue weighted by Crippen LogP contribution is -2.26. The lowest BCUT2D eigenvalue weighted by molar-refractivity contribution is -0.141. The van der Waals surface area contributed by atoms with Gasteiger partial charge >= 0.3 is 5.97 Å². The van der Waals surface area contributed by atoms with E-state index in [1.807, 2.05) is 13.8 Å². The summed E-state index contributed by atoms with van der Waals surface area (Å²) in [7, 11) is 0. The summed E-state index contributed by atoms with van der Waals surface area (Å²) in [4.78, 5) is 10.9. The molecule has 0 rings (SSSR count). The maximum Gasteiger partial charge on any atom is 0.319 e. The van der Waals surface area contributed by atoms with Gasteiger partial charge in [0.05, 0.1) is 24.6 Å². The largest absolute Gasteiger partial charge is 0.465 e. The third kappa shape index (κ3) is 7.95. The summed E-state index contributed by atoms with van der Waals surface area (Å²) in [5, 5.41) is 11.7. The first-order valence-electron chi connectivity index (χ1n) is 5.29. The first-order chi connectivity index (χ1) is 7.02. The minimum Gasteiger partial charge on any atom is -0.465 e. The van der Waals surface area contributed by atoms with Crippen LogP contribution in [0.15, 0.2) is 0 Å². The van der Waals surface area contributed by atoms with E-state index in [0.717, 1.165) is 19.4 Å². The van der Waals surface area contributed by atoms with Gasteiger partial charge < -0.3 is 10.1 Å². The average molecular weight is 212 g/mol. The fourth-order valence-corrected chi connectivity index (χ4v) is 1.11. The third-order valence-corrected chi connectivity index (χ3v) is 2.03. The first-order valence-corrected chi connectivity index (χ1v) is 5.29. The van der Waals surface area contributed by atoms with Gasteiger partial charge in [0.25, 0.3) is 0 Å². The van der Waals surface area contributed by atoms with Crippen molar-refractivity contribution in [3.05, 3.63) is 0 Å². The smallest absolute Gasteiger partial charge is 0.319 e. The van der Waals surface area contributed by atoms with Crippen molar-refractivity contribution in [3.8, 4) is 6.07 Å². The van der Waals surface area contributed by atoms with Crippen LogP contribution in [0.5, 0.6) is 0 Å². The highest BCUT2D eigenvalue weighted by Gasteiger charge is 2.15. The molecule has 0 aromatic carbocycles. The molecule has 0 radical (unpaired) electrons. The predicted octanol–water partition coefficient (Wildman–Crippen LogP) is 1.47. The van der Waals surface area contributed by atoms with Gasteiger partial charge in [-0.1, -0.05) is 0 Å². The van der Waals surface area contributed by atoms with E-state index in [9.17, 15) is 4.79 Å². The minimum absolute atomic E-state index is 0.225. The molecule has 0 atom stereocenters. The lowest BCUT2D eigenvalue weighted by Gasteiger charge is -2.14. The van der Waals surface area contributed by atoms with E-state index in [0.29, 0.717) is 6.61 Å². The Morgan fingerprint density at radius 1 is 1.53 bits per heavy atom. The summed E-state index contributed by atoms with van der Waals surface area (Å²) >= 11 is 0. The van der Waals surface area contributed by atoms with E-state index in [1.54, 1.807) is 6.92 Å². The molecule has 0 aromatic heterocycles. The molecule has 0 aliphatic rings. The molecule has 0 bridgehead atoms. The van der Waals surface area contributed by atoms with Crippen LogP contribution in [0.25, 0.3) is 0 Å². The average Bonchev–Trinajstić information content (AvgIpc) is 2.17. The summed E-state index contributed by atoms with van der Waals surface area (Å²) in [6.07, 6.45) is 1.72. The highest BCUT2D eigenvalue weighted by Crippen LogP contribution is 2.19. The Bertz CT molecular complexity index is 231. The molecule has 0 saturated carbocycles. The molecule has 15 heavy (non-hydrogen) atoms. The number of carbonyl (C=O) groups excluding carboxylic acids is 1. The van der Waals surface area contributed by atoms with Crippen molar-refractivity contribution < 1.29 is 9.53 Å². The van der Waals surface area contributed by atoms with E-state index in [-0.39, 0.29) is 17.9 Å². The molecule has 0 aliphatic heterocycles. The van der Waals surface area contributed by atoms with E-state index < -0.39 is 0 Å². The van der Waals surface area contributed by atoms with Crippen molar-refractivity contribution >= 4 is 5.97 Å². The minimum atomic E-state index is -0.272. The van der Waals surface area contributed by atoms with Crippen molar-refractivity contribution in [2.24, 2.45) is 5.41 Å². The second kappa shape index (κ2) is 7.24. The van der Waals surface area contributed by atoms with Gasteiger partial charge in [0.15, 0.2) is 0 Å². The normalized spacial score (nSPS) is 10.8. The number of nitrogens with zero attached hydrogens (tertiary/aromatic N) is 1. The number of hydrogen-bond acceptors (Lipinski definition) is 4. The van der Waals surface area contributed by atoms with Gasteiger partial charge in [0, 0.05) is 0 Å². The van der Waals surface area contributed by atoms with Crippen molar-refractivity contribution in [2.75, 3.05) is 19.7 Å². The zero-order valence-corrected chi connectivity index (χ0v) is 9.80. The quantitative estimate of drug-likeness (QED) is 0.512. The summed E-state index contributed by atoms with van der Waals surface area (Å²) in [6.45, 7) is 7.02. The lowest BCUT2D eigenvalue weighted by atomic mass is 9.90. The Labute approximate surface area is 91.6 Å². The van der Waals surface area contributed by atoms with Gasteiger partial charge in [-0.2, -0.15) is 5.26 Å².